The quantitative estimate of drug-likeness (QED) is 0.908. The van der Waals surface area contributed by atoms with Crippen molar-refractivity contribution in [2.75, 3.05) is 19.8 Å². The molecule has 0 bridgehead atoms. The number of hydrogen-bond acceptors (Lipinski definition) is 4. The van der Waals surface area contributed by atoms with E-state index in [1.54, 1.807) is 24.3 Å². The zero-order valence-corrected chi connectivity index (χ0v) is 13.1. The molecule has 1 aromatic carbocycles. The molecule has 1 aromatic rings. The van der Waals surface area contributed by atoms with Crippen LogP contribution in [0.3, 0.4) is 0 Å². The number of morpholine rings is 1. The molecule has 2 atom stereocenters. The van der Waals surface area contributed by atoms with Crippen LogP contribution in [-0.4, -0.2) is 48.6 Å². The summed E-state index contributed by atoms with van der Waals surface area (Å²) in [5, 5.41) is 0. The van der Waals surface area contributed by atoms with Gasteiger partial charge in [0, 0.05) is 12.1 Å². The summed E-state index contributed by atoms with van der Waals surface area (Å²) in [6.07, 6.45) is 4.55. The van der Waals surface area contributed by atoms with Crippen molar-refractivity contribution in [2.24, 2.45) is 5.73 Å². The summed E-state index contributed by atoms with van der Waals surface area (Å²) in [5.74, 6) is 0.0336. The number of primary amides is 1. The van der Waals surface area contributed by atoms with Gasteiger partial charge in [-0.25, -0.2) is 0 Å². The summed E-state index contributed by atoms with van der Waals surface area (Å²) < 4.78 is 11.0. The van der Waals surface area contributed by atoms with Crippen LogP contribution >= 0.6 is 0 Å². The van der Waals surface area contributed by atoms with Crippen molar-refractivity contribution >= 4 is 11.8 Å². The molecule has 1 aliphatic carbocycles. The third-order valence-electron chi connectivity index (χ3n) is 4.48. The third-order valence-corrected chi connectivity index (χ3v) is 4.48. The highest BCUT2D eigenvalue weighted by Gasteiger charge is 2.36. The maximum Gasteiger partial charge on any atom is 0.255 e. The van der Waals surface area contributed by atoms with E-state index in [1.165, 1.54) is 6.42 Å². The van der Waals surface area contributed by atoms with E-state index in [-0.39, 0.29) is 24.7 Å². The molecule has 0 spiro atoms. The van der Waals surface area contributed by atoms with E-state index in [1.807, 2.05) is 4.90 Å². The van der Waals surface area contributed by atoms with E-state index in [2.05, 4.69) is 0 Å². The van der Waals surface area contributed by atoms with Gasteiger partial charge in [-0.3, -0.25) is 9.59 Å². The monoisotopic (exact) mass is 318 g/mol. The summed E-state index contributed by atoms with van der Waals surface area (Å²) in [5.41, 5.74) is 5.67. The Morgan fingerprint density at radius 3 is 2.70 bits per heavy atom. The van der Waals surface area contributed by atoms with Gasteiger partial charge < -0.3 is 20.1 Å². The number of fused-ring (bicyclic) bond motifs is 1. The lowest BCUT2D eigenvalue weighted by Crippen LogP contribution is -2.54. The number of hydrogen-bond donors (Lipinski definition) is 1. The number of carbonyl (C=O) groups excluding carboxylic acids is 2. The van der Waals surface area contributed by atoms with Crippen LogP contribution in [0.15, 0.2) is 24.3 Å². The van der Waals surface area contributed by atoms with E-state index in [4.69, 9.17) is 15.2 Å². The van der Waals surface area contributed by atoms with Crippen molar-refractivity contribution in [3.8, 4) is 5.75 Å². The lowest BCUT2D eigenvalue weighted by atomic mass is 9.89. The van der Waals surface area contributed by atoms with Crippen LogP contribution in [0.5, 0.6) is 5.75 Å². The average molecular weight is 318 g/mol. The Morgan fingerprint density at radius 2 is 1.96 bits per heavy atom. The summed E-state index contributed by atoms with van der Waals surface area (Å²) in [6, 6.07) is 7.03. The predicted octanol–water partition coefficient (Wildman–Crippen LogP) is 1.33. The normalized spacial score (nSPS) is 23.9. The molecule has 6 heteroatoms. The number of amides is 2. The SMILES string of the molecule is NC(=O)COc1ccc(C(=O)N2CCO[C@H]3CCCC[C@H]32)cc1. The fourth-order valence-electron chi connectivity index (χ4n) is 3.36. The highest BCUT2D eigenvalue weighted by Crippen LogP contribution is 2.29. The van der Waals surface area contributed by atoms with Crippen LogP contribution in [0, 0.1) is 0 Å². The fourth-order valence-corrected chi connectivity index (χ4v) is 3.36. The molecule has 2 aliphatic rings. The molecule has 23 heavy (non-hydrogen) atoms. The van der Waals surface area contributed by atoms with Crippen LogP contribution in [0.2, 0.25) is 0 Å². The van der Waals surface area contributed by atoms with Crippen molar-refractivity contribution in [2.45, 2.75) is 37.8 Å². The largest absolute Gasteiger partial charge is 0.484 e. The molecule has 1 saturated heterocycles. The fraction of sp³-hybridized carbons (Fsp3) is 0.529. The first kappa shape index (κ1) is 15.8. The van der Waals surface area contributed by atoms with Gasteiger partial charge in [-0.1, -0.05) is 12.8 Å². The van der Waals surface area contributed by atoms with Gasteiger partial charge in [-0.2, -0.15) is 0 Å². The minimum atomic E-state index is -0.526. The summed E-state index contributed by atoms with van der Waals surface area (Å²) in [7, 11) is 0. The standard InChI is InChI=1S/C17H22N2O4/c18-16(20)11-23-13-7-5-12(6-8-13)17(21)19-9-10-22-15-4-2-1-3-14(15)19/h5-8,14-15H,1-4,9-11H2,(H2,18,20)/t14-,15+/m1/s1. The number of rotatable bonds is 4. The van der Waals surface area contributed by atoms with Crippen molar-refractivity contribution in [1.82, 2.24) is 4.90 Å². The topological polar surface area (TPSA) is 81.9 Å². The zero-order valence-electron chi connectivity index (χ0n) is 13.1. The highest BCUT2D eigenvalue weighted by molar-refractivity contribution is 5.94. The minimum Gasteiger partial charge on any atom is -0.484 e. The Morgan fingerprint density at radius 1 is 1.22 bits per heavy atom. The van der Waals surface area contributed by atoms with Gasteiger partial charge >= 0.3 is 0 Å². The van der Waals surface area contributed by atoms with Gasteiger partial charge in [0.05, 0.1) is 18.8 Å². The average Bonchev–Trinajstić information content (AvgIpc) is 2.59. The van der Waals surface area contributed by atoms with Crippen molar-refractivity contribution in [3.05, 3.63) is 29.8 Å². The Hall–Kier alpha value is -2.08. The van der Waals surface area contributed by atoms with Crippen LogP contribution in [-0.2, 0) is 9.53 Å². The molecule has 1 saturated carbocycles. The Kier molecular flexibility index (Phi) is 4.81. The summed E-state index contributed by atoms with van der Waals surface area (Å²) in [4.78, 5) is 25.5. The van der Waals surface area contributed by atoms with Crippen molar-refractivity contribution in [3.63, 3.8) is 0 Å². The number of ether oxygens (including phenoxy) is 2. The molecule has 0 aromatic heterocycles. The van der Waals surface area contributed by atoms with Crippen LogP contribution in [0.4, 0.5) is 0 Å². The molecule has 0 radical (unpaired) electrons. The molecule has 0 unspecified atom stereocenters. The third kappa shape index (κ3) is 3.64. The van der Waals surface area contributed by atoms with Crippen LogP contribution < -0.4 is 10.5 Å². The van der Waals surface area contributed by atoms with Gasteiger partial charge in [-0.05, 0) is 37.1 Å². The van der Waals surface area contributed by atoms with Crippen molar-refractivity contribution < 1.29 is 19.1 Å². The number of carbonyl (C=O) groups is 2. The molecule has 3 rings (SSSR count). The van der Waals surface area contributed by atoms with Crippen LogP contribution in [0.1, 0.15) is 36.0 Å². The first-order chi connectivity index (χ1) is 11.1. The second-order valence-electron chi connectivity index (χ2n) is 6.04. The summed E-state index contributed by atoms with van der Waals surface area (Å²) >= 11 is 0. The lowest BCUT2D eigenvalue weighted by Gasteiger charge is -2.43. The molecular formula is C17H22N2O4. The molecular weight excluding hydrogens is 296 g/mol. The van der Waals surface area contributed by atoms with Gasteiger partial charge in [0.15, 0.2) is 6.61 Å². The molecule has 2 N–H and O–H groups in total. The predicted molar refractivity (Wildman–Crippen MR) is 84.2 cm³/mol. The van der Waals surface area contributed by atoms with E-state index in [0.29, 0.717) is 24.5 Å². The molecule has 2 amide bonds. The molecule has 2 fully saturated rings. The molecule has 1 aliphatic heterocycles. The smallest absolute Gasteiger partial charge is 0.255 e. The second kappa shape index (κ2) is 7.00. The van der Waals surface area contributed by atoms with Gasteiger partial charge in [-0.15, -0.1) is 0 Å². The first-order valence-electron chi connectivity index (χ1n) is 8.09. The van der Waals surface area contributed by atoms with Gasteiger partial charge in [0.1, 0.15) is 5.75 Å². The molecule has 6 nitrogen and oxygen atoms in total. The van der Waals surface area contributed by atoms with E-state index < -0.39 is 5.91 Å². The highest BCUT2D eigenvalue weighted by atomic mass is 16.5. The minimum absolute atomic E-state index is 0.0339. The number of nitrogens with two attached hydrogens (primary N) is 1. The van der Waals surface area contributed by atoms with Gasteiger partial charge in [0.2, 0.25) is 0 Å². The van der Waals surface area contributed by atoms with E-state index in [9.17, 15) is 9.59 Å². The van der Waals surface area contributed by atoms with Gasteiger partial charge in [0.25, 0.3) is 11.8 Å². The Labute approximate surface area is 135 Å². The summed E-state index contributed by atoms with van der Waals surface area (Å²) in [6.45, 7) is 1.08. The molecule has 1 heterocycles. The second-order valence-corrected chi connectivity index (χ2v) is 6.04. The maximum absolute atomic E-state index is 12.8. The maximum atomic E-state index is 12.8. The van der Waals surface area contributed by atoms with Crippen molar-refractivity contribution in [1.29, 1.82) is 0 Å². The van der Waals surface area contributed by atoms with E-state index in [0.717, 1.165) is 19.3 Å². The first-order valence-corrected chi connectivity index (χ1v) is 8.09. The number of nitrogens with zero attached hydrogens (tertiary/aromatic N) is 1. The Bertz CT molecular complexity index is 570. The lowest BCUT2D eigenvalue weighted by molar-refractivity contribution is -0.119. The Balaban J connectivity index is 1.68. The molecule has 124 valence electrons. The van der Waals surface area contributed by atoms with E-state index >= 15 is 0 Å². The number of benzene rings is 1. The zero-order chi connectivity index (χ0) is 16.2. The van der Waals surface area contributed by atoms with Crippen LogP contribution in [0.25, 0.3) is 0 Å².